The van der Waals surface area contributed by atoms with Crippen molar-refractivity contribution in [2.24, 2.45) is 0 Å². The Balaban J connectivity index is -0.000000188. The molecule has 0 aromatic carbocycles. The Morgan fingerprint density at radius 2 is 0.400 bits per heavy atom. The van der Waals surface area contributed by atoms with Gasteiger partial charge in [-0.2, -0.15) is 8.42 Å². The highest BCUT2D eigenvalue weighted by molar-refractivity contribution is 8.31. The third kappa shape index (κ3) is 78.8. The first-order valence-electron chi connectivity index (χ1n) is 15.4. The maximum absolute atomic E-state index is 9.16. The van der Waals surface area contributed by atoms with Crippen LogP contribution < -0.4 is 0 Å². The molecule has 0 atom stereocenters. The molecular formula is C30H66Cl2O2S. The van der Waals surface area contributed by atoms with Crippen molar-refractivity contribution in [3.05, 3.63) is 0 Å². The van der Waals surface area contributed by atoms with Gasteiger partial charge in [-0.3, -0.25) is 0 Å². The van der Waals surface area contributed by atoms with E-state index in [1.807, 2.05) is 0 Å². The molecule has 0 heterocycles. The minimum atomic E-state index is -3.72. The number of halogens is 2. The van der Waals surface area contributed by atoms with Gasteiger partial charge >= 0.3 is 8.26 Å². The van der Waals surface area contributed by atoms with Crippen LogP contribution >= 0.6 is 21.4 Å². The quantitative estimate of drug-likeness (QED) is 0.103. The minimum absolute atomic E-state index is 1.37. The van der Waals surface area contributed by atoms with Crippen LogP contribution in [0.25, 0.3) is 0 Å². The molecule has 0 aliphatic heterocycles. The van der Waals surface area contributed by atoms with Gasteiger partial charge in [-0.15, -0.1) is 0 Å². The SMILES string of the molecule is CCCCCCCCCC.CCCCCCCCCC.CCCCCCCCCC.O=S(=O)(Cl)Cl. The van der Waals surface area contributed by atoms with Crippen LogP contribution in [0.5, 0.6) is 0 Å². The first-order valence-corrected chi connectivity index (χ1v) is 18.5. The van der Waals surface area contributed by atoms with Gasteiger partial charge in [0, 0.05) is 21.4 Å². The molecule has 0 fully saturated rings. The molecule has 0 aromatic rings. The number of rotatable bonds is 21. The molecule has 0 N–H and O–H groups in total. The summed E-state index contributed by atoms with van der Waals surface area (Å²) in [4.78, 5) is 0. The molecular weight excluding hydrogens is 495 g/mol. The standard InChI is InChI=1S/3C10H22.Cl2O2S/c3*1-3-5-7-9-10-8-6-4-2;1-5(2,3)4/h3*3-10H2,1-2H3;. The molecule has 2 nitrogen and oxygen atoms in total. The van der Waals surface area contributed by atoms with Gasteiger partial charge in [0.2, 0.25) is 0 Å². The van der Waals surface area contributed by atoms with Crippen LogP contribution in [-0.2, 0) is 8.26 Å². The summed E-state index contributed by atoms with van der Waals surface area (Å²) in [5, 5.41) is 0. The van der Waals surface area contributed by atoms with Crippen molar-refractivity contribution < 1.29 is 8.42 Å². The molecule has 0 aliphatic rings. The lowest BCUT2D eigenvalue weighted by atomic mass is 10.1. The van der Waals surface area contributed by atoms with Crippen molar-refractivity contribution in [1.29, 1.82) is 0 Å². The van der Waals surface area contributed by atoms with Crippen molar-refractivity contribution in [1.82, 2.24) is 0 Å². The molecule has 0 aromatic heterocycles. The fourth-order valence-electron chi connectivity index (χ4n) is 3.62. The van der Waals surface area contributed by atoms with Gasteiger partial charge < -0.3 is 0 Å². The Kier molecular flexibility index (Phi) is 50.7. The van der Waals surface area contributed by atoms with Crippen LogP contribution in [0.4, 0.5) is 0 Å². The lowest BCUT2D eigenvalue weighted by Gasteiger charge is -1.97. The Hall–Kier alpha value is 0.530. The summed E-state index contributed by atoms with van der Waals surface area (Å²) >= 11 is 0. The van der Waals surface area contributed by atoms with Crippen LogP contribution in [0, 0.1) is 0 Å². The molecule has 0 spiro atoms. The topological polar surface area (TPSA) is 34.1 Å². The van der Waals surface area contributed by atoms with Gasteiger partial charge in [0.1, 0.15) is 0 Å². The summed E-state index contributed by atoms with van der Waals surface area (Å²) in [6, 6.07) is 0. The Labute approximate surface area is 233 Å². The van der Waals surface area contributed by atoms with E-state index in [0.29, 0.717) is 0 Å². The van der Waals surface area contributed by atoms with Crippen molar-refractivity contribution in [3.8, 4) is 0 Å². The van der Waals surface area contributed by atoms with Crippen LogP contribution in [0.2, 0.25) is 0 Å². The molecule has 0 aliphatic carbocycles. The van der Waals surface area contributed by atoms with Crippen molar-refractivity contribution in [2.75, 3.05) is 0 Å². The summed E-state index contributed by atoms with van der Waals surface area (Å²) in [7, 11) is 4.81. The smallest absolute Gasteiger partial charge is 0.195 e. The number of hydrogen-bond donors (Lipinski definition) is 0. The maximum Gasteiger partial charge on any atom is 0.317 e. The Bertz CT molecular complexity index is 345. The second kappa shape index (κ2) is 41.6. The zero-order chi connectivity index (χ0) is 27.5. The third-order valence-corrected chi connectivity index (χ3v) is 5.87. The van der Waals surface area contributed by atoms with Gasteiger partial charge in [-0.1, -0.05) is 196 Å². The zero-order valence-electron chi connectivity index (χ0n) is 25.0. The Morgan fingerprint density at radius 3 is 0.486 bits per heavy atom. The van der Waals surface area contributed by atoms with Crippen molar-refractivity contribution in [3.63, 3.8) is 0 Å². The summed E-state index contributed by atoms with van der Waals surface area (Å²) in [6.45, 7) is 13.6. The highest BCUT2D eigenvalue weighted by atomic mass is 36.0. The summed E-state index contributed by atoms with van der Waals surface area (Å²) in [5.74, 6) is 0. The van der Waals surface area contributed by atoms with E-state index < -0.39 is 8.26 Å². The van der Waals surface area contributed by atoms with E-state index in [1.165, 1.54) is 154 Å². The molecule has 0 unspecified atom stereocenters. The van der Waals surface area contributed by atoms with Gasteiger partial charge in [0.25, 0.3) is 0 Å². The van der Waals surface area contributed by atoms with E-state index in [-0.39, 0.29) is 0 Å². The average molecular weight is 562 g/mol. The first-order chi connectivity index (χ1) is 16.7. The summed E-state index contributed by atoms with van der Waals surface area (Å²) in [5.41, 5.74) is 0. The minimum Gasteiger partial charge on any atom is -0.195 e. The fourth-order valence-corrected chi connectivity index (χ4v) is 3.62. The predicted molar refractivity (Wildman–Crippen MR) is 165 cm³/mol. The highest BCUT2D eigenvalue weighted by Crippen LogP contribution is 2.09. The van der Waals surface area contributed by atoms with Crippen LogP contribution in [-0.4, -0.2) is 8.42 Å². The van der Waals surface area contributed by atoms with Crippen molar-refractivity contribution >= 4 is 29.6 Å². The second-order valence-electron chi connectivity index (χ2n) is 9.74. The number of hydrogen-bond acceptors (Lipinski definition) is 2. The van der Waals surface area contributed by atoms with Crippen LogP contribution in [0.3, 0.4) is 0 Å². The largest absolute Gasteiger partial charge is 0.317 e. The number of unbranched alkanes of at least 4 members (excludes halogenated alkanes) is 21. The van der Waals surface area contributed by atoms with E-state index in [9.17, 15) is 0 Å². The second-order valence-corrected chi connectivity index (χ2v) is 13.4. The monoisotopic (exact) mass is 560 g/mol. The van der Waals surface area contributed by atoms with Crippen LogP contribution in [0.15, 0.2) is 0 Å². The molecule has 0 rings (SSSR count). The predicted octanol–water partition coefficient (Wildman–Crippen LogP) is 13.1. The zero-order valence-corrected chi connectivity index (χ0v) is 27.3. The molecule has 0 bridgehead atoms. The van der Waals surface area contributed by atoms with E-state index >= 15 is 0 Å². The van der Waals surface area contributed by atoms with Crippen LogP contribution in [0.1, 0.15) is 196 Å². The van der Waals surface area contributed by atoms with E-state index in [4.69, 9.17) is 8.42 Å². The maximum atomic E-state index is 9.16. The van der Waals surface area contributed by atoms with Gasteiger partial charge in [-0.05, 0) is 0 Å². The highest BCUT2D eigenvalue weighted by Gasteiger charge is 1.90. The molecule has 35 heavy (non-hydrogen) atoms. The lowest BCUT2D eigenvalue weighted by molar-refractivity contribution is 0.585. The summed E-state index contributed by atoms with van der Waals surface area (Å²) in [6.07, 6.45) is 34.4. The average Bonchev–Trinajstić information content (AvgIpc) is 2.81. The van der Waals surface area contributed by atoms with E-state index in [2.05, 4.69) is 62.9 Å². The van der Waals surface area contributed by atoms with Gasteiger partial charge in [-0.25, -0.2) is 0 Å². The van der Waals surface area contributed by atoms with Crippen molar-refractivity contribution in [2.45, 2.75) is 196 Å². The Morgan fingerprint density at radius 1 is 0.314 bits per heavy atom. The first kappa shape index (κ1) is 42.6. The van der Waals surface area contributed by atoms with Gasteiger partial charge in [0.05, 0.1) is 0 Å². The molecule has 0 radical (unpaired) electrons. The summed E-state index contributed by atoms with van der Waals surface area (Å²) < 4.78 is 18.3. The molecule has 0 saturated carbocycles. The van der Waals surface area contributed by atoms with E-state index in [0.717, 1.165) is 0 Å². The van der Waals surface area contributed by atoms with E-state index in [1.54, 1.807) is 0 Å². The molecule has 0 amide bonds. The van der Waals surface area contributed by atoms with Gasteiger partial charge in [0.15, 0.2) is 0 Å². The molecule has 0 saturated heterocycles. The fraction of sp³-hybridized carbons (Fsp3) is 1.00. The normalized spacial score (nSPS) is 10.4. The molecule has 5 heteroatoms. The third-order valence-electron chi connectivity index (χ3n) is 5.87. The molecule has 218 valence electrons. The lowest BCUT2D eigenvalue weighted by Crippen LogP contribution is -1.77.